The minimum absolute atomic E-state index is 0.0119. The second-order valence-electron chi connectivity index (χ2n) is 8.56. The molecule has 2 aromatic rings. The third-order valence-electron chi connectivity index (χ3n) is 5.76. The van der Waals surface area contributed by atoms with Gasteiger partial charge in [-0.05, 0) is 67.6 Å². The number of carbonyl (C=O) groups is 3. The van der Waals surface area contributed by atoms with E-state index in [1.54, 1.807) is 31.4 Å². The predicted molar refractivity (Wildman–Crippen MR) is 125 cm³/mol. The molecule has 0 aliphatic heterocycles. The molecular weight excluding hydrogens is 420 g/mol. The van der Waals surface area contributed by atoms with Crippen LogP contribution >= 0.6 is 0 Å². The van der Waals surface area contributed by atoms with E-state index in [0.717, 1.165) is 31.2 Å². The summed E-state index contributed by atoms with van der Waals surface area (Å²) in [6.45, 7) is 0.760. The molecule has 0 bridgehead atoms. The fourth-order valence-electron chi connectivity index (χ4n) is 3.54. The van der Waals surface area contributed by atoms with Gasteiger partial charge < -0.3 is 25.6 Å². The van der Waals surface area contributed by atoms with E-state index in [9.17, 15) is 14.4 Å². The number of nitrogens with one attached hydrogen (secondary N) is 3. The molecule has 4 amide bonds. The van der Waals surface area contributed by atoms with Gasteiger partial charge in [-0.3, -0.25) is 9.59 Å². The first-order chi connectivity index (χ1) is 16.0. The number of hydrogen-bond acceptors (Lipinski definition) is 4. The maximum Gasteiger partial charge on any atom is 0.319 e. The molecule has 0 radical (unpaired) electrons. The van der Waals surface area contributed by atoms with Crippen molar-refractivity contribution < 1.29 is 19.1 Å². The van der Waals surface area contributed by atoms with E-state index < -0.39 is 0 Å². The van der Waals surface area contributed by atoms with Crippen LogP contribution in [-0.2, 0) is 11.3 Å². The predicted octanol–water partition coefficient (Wildman–Crippen LogP) is 3.29. The molecule has 2 aliphatic carbocycles. The standard InChI is InChI=1S/C25H30N4O4/c1-33-22-12-8-20(9-13-22)28-25(32)26-15-14-23(30)29(21-10-11-21)16-17-2-4-18(5-3-17)24(31)27-19-6-7-19/h2-5,8-9,12-13,19,21H,6-7,10-11,14-16H2,1H3,(H,27,31)(H2,26,28,32). The van der Waals surface area contributed by atoms with Gasteiger partial charge in [0.2, 0.25) is 5.91 Å². The van der Waals surface area contributed by atoms with Gasteiger partial charge in [-0.1, -0.05) is 12.1 Å². The van der Waals surface area contributed by atoms with Crippen molar-refractivity contribution in [2.45, 2.75) is 50.7 Å². The van der Waals surface area contributed by atoms with E-state index in [1.165, 1.54) is 0 Å². The zero-order valence-corrected chi connectivity index (χ0v) is 18.8. The Kier molecular flexibility index (Phi) is 7.12. The van der Waals surface area contributed by atoms with Crippen LogP contribution in [0, 0.1) is 0 Å². The lowest BCUT2D eigenvalue weighted by molar-refractivity contribution is -0.132. The number of carbonyl (C=O) groups excluding carboxylic acids is 3. The largest absolute Gasteiger partial charge is 0.497 e. The fourth-order valence-corrected chi connectivity index (χ4v) is 3.54. The van der Waals surface area contributed by atoms with Crippen molar-refractivity contribution in [3.8, 4) is 5.75 Å². The lowest BCUT2D eigenvalue weighted by Gasteiger charge is -2.23. The SMILES string of the molecule is COc1ccc(NC(=O)NCCC(=O)N(Cc2ccc(C(=O)NC3CC3)cc2)C2CC2)cc1. The van der Waals surface area contributed by atoms with Gasteiger partial charge in [0.25, 0.3) is 5.91 Å². The zero-order chi connectivity index (χ0) is 23.2. The molecule has 0 heterocycles. The van der Waals surface area contributed by atoms with Crippen LogP contribution in [0.4, 0.5) is 10.5 Å². The lowest BCUT2D eigenvalue weighted by atomic mass is 10.1. The molecule has 8 heteroatoms. The minimum Gasteiger partial charge on any atom is -0.497 e. The Hall–Kier alpha value is -3.55. The van der Waals surface area contributed by atoms with Crippen LogP contribution in [-0.4, -0.2) is 48.5 Å². The van der Waals surface area contributed by atoms with E-state index in [-0.39, 0.29) is 36.9 Å². The summed E-state index contributed by atoms with van der Waals surface area (Å²) in [5.41, 5.74) is 2.28. The van der Waals surface area contributed by atoms with Crippen LogP contribution in [0.2, 0.25) is 0 Å². The van der Waals surface area contributed by atoms with Crippen molar-refractivity contribution in [3.05, 3.63) is 59.7 Å². The van der Waals surface area contributed by atoms with Crippen molar-refractivity contribution >= 4 is 23.5 Å². The second kappa shape index (κ2) is 10.4. The van der Waals surface area contributed by atoms with Crippen molar-refractivity contribution in [2.24, 2.45) is 0 Å². The molecule has 0 saturated heterocycles. The minimum atomic E-state index is -0.356. The smallest absolute Gasteiger partial charge is 0.319 e. The first kappa shape index (κ1) is 22.6. The average Bonchev–Trinajstić information content (AvgIpc) is 3.74. The Morgan fingerprint density at radius 1 is 0.970 bits per heavy atom. The first-order valence-electron chi connectivity index (χ1n) is 11.4. The van der Waals surface area contributed by atoms with Gasteiger partial charge in [-0.25, -0.2) is 4.79 Å². The molecule has 8 nitrogen and oxygen atoms in total. The van der Waals surface area contributed by atoms with Gasteiger partial charge in [-0.15, -0.1) is 0 Å². The average molecular weight is 451 g/mol. The summed E-state index contributed by atoms with van der Waals surface area (Å²) in [6, 6.07) is 14.7. The van der Waals surface area contributed by atoms with E-state index >= 15 is 0 Å². The summed E-state index contributed by atoms with van der Waals surface area (Å²) >= 11 is 0. The first-order valence-corrected chi connectivity index (χ1v) is 11.4. The molecule has 174 valence electrons. The Bertz CT molecular complexity index is 982. The van der Waals surface area contributed by atoms with E-state index in [4.69, 9.17) is 4.74 Å². The molecule has 2 aliphatic rings. The number of ether oxygens (including phenoxy) is 1. The molecule has 0 unspecified atom stereocenters. The molecule has 2 fully saturated rings. The Morgan fingerprint density at radius 3 is 2.27 bits per heavy atom. The number of rotatable bonds is 10. The van der Waals surface area contributed by atoms with E-state index in [0.29, 0.717) is 29.6 Å². The Balaban J connectivity index is 1.23. The number of hydrogen-bond donors (Lipinski definition) is 3. The molecule has 0 spiro atoms. The van der Waals surface area contributed by atoms with Gasteiger partial charge in [-0.2, -0.15) is 0 Å². The Labute approximate surface area is 193 Å². The number of anilines is 1. The van der Waals surface area contributed by atoms with Gasteiger partial charge in [0, 0.05) is 42.8 Å². The summed E-state index contributed by atoms with van der Waals surface area (Å²) in [5.74, 6) is 0.679. The van der Waals surface area contributed by atoms with E-state index in [1.807, 2.05) is 29.2 Å². The molecule has 33 heavy (non-hydrogen) atoms. The highest BCUT2D eigenvalue weighted by molar-refractivity contribution is 5.94. The summed E-state index contributed by atoms with van der Waals surface area (Å²) in [7, 11) is 1.58. The third-order valence-corrected chi connectivity index (χ3v) is 5.76. The van der Waals surface area contributed by atoms with Crippen LogP contribution < -0.4 is 20.7 Å². The highest BCUT2D eigenvalue weighted by atomic mass is 16.5. The van der Waals surface area contributed by atoms with Crippen molar-refractivity contribution in [1.29, 1.82) is 0 Å². The molecule has 3 N–H and O–H groups in total. The van der Waals surface area contributed by atoms with Gasteiger partial charge in [0.1, 0.15) is 5.75 Å². The summed E-state index contributed by atoms with van der Waals surface area (Å²) < 4.78 is 5.10. The normalized spacial score (nSPS) is 14.8. The van der Waals surface area contributed by atoms with Crippen LogP contribution in [0.3, 0.4) is 0 Å². The maximum absolute atomic E-state index is 12.8. The Morgan fingerprint density at radius 2 is 1.67 bits per heavy atom. The van der Waals surface area contributed by atoms with Crippen LogP contribution in [0.15, 0.2) is 48.5 Å². The van der Waals surface area contributed by atoms with Gasteiger partial charge in [0.05, 0.1) is 7.11 Å². The van der Waals surface area contributed by atoms with Crippen LogP contribution in [0.1, 0.15) is 48.0 Å². The molecule has 0 aromatic heterocycles. The van der Waals surface area contributed by atoms with Crippen LogP contribution in [0.5, 0.6) is 5.75 Å². The van der Waals surface area contributed by atoms with Crippen molar-refractivity contribution in [2.75, 3.05) is 19.0 Å². The van der Waals surface area contributed by atoms with Crippen molar-refractivity contribution in [3.63, 3.8) is 0 Å². The third kappa shape index (κ3) is 6.71. The fraction of sp³-hybridized carbons (Fsp3) is 0.400. The quantitative estimate of drug-likeness (QED) is 0.517. The van der Waals surface area contributed by atoms with Crippen LogP contribution in [0.25, 0.3) is 0 Å². The van der Waals surface area contributed by atoms with Gasteiger partial charge in [0.15, 0.2) is 0 Å². The molecule has 0 atom stereocenters. The molecule has 2 saturated carbocycles. The highest BCUT2D eigenvalue weighted by Crippen LogP contribution is 2.29. The maximum atomic E-state index is 12.8. The molecule has 2 aromatic carbocycles. The summed E-state index contributed by atoms with van der Waals surface area (Å²) in [5, 5.41) is 8.45. The van der Waals surface area contributed by atoms with Crippen molar-refractivity contribution in [1.82, 2.24) is 15.5 Å². The number of nitrogens with zero attached hydrogens (tertiary/aromatic N) is 1. The van der Waals surface area contributed by atoms with E-state index in [2.05, 4.69) is 16.0 Å². The second-order valence-corrected chi connectivity index (χ2v) is 8.56. The lowest BCUT2D eigenvalue weighted by Crippen LogP contribution is -2.36. The number of methoxy groups -OCH3 is 1. The number of benzene rings is 2. The summed E-state index contributed by atoms with van der Waals surface area (Å²) in [4.78, 5) is 39.0. The summed E-state index contributed by atoms with van der Waals surface area (Å²) in [6.07, 6.45) is 4.34. The zero-order valence-electron chi connectivity index (χ0n) is 18.8. The molecular formula is C25H30N4O4. The van der Waals surface area contributed by atoms with Gasteiger partial charge >= 0.3 is 6.03 Å². The number of urea groups is 1. The number of amides is 4. The topological polar surface area (TPSA) is 99.8 Å². The monoisotopic (exact) mass is 450 g/mol. The highest BCUT2D eigenvalue weighted by Gasteiger charge is 2.32. The molecule has 4 rings (SSSR count).